The van der Waals surface area contributed by atoms with Crippen molar-refractivity contribution in [2.45, 2.75) is 25.3 Å². The minimum atomic E-state index is -0.633. The van der Waals surface area contributed by atoms with Crippen LogP contribution < -0.4 is 22.3 Å². The Bertz CT molecular complexity index is 861. The second-order valence-electron chi connectivity index (χ2n) is 5.88. The average Bonchev–Trinajstić information content (AvgIpc) is 3.31. The SMILES string of the molecule is CC(CN)(NC(=O)c1cnc2[nH]c(=O)[nH]c(=O)c2c1)C1CC1.Cl.Cl. The number of carbonyl (C=O) groups excluding carboxylic acids is 1. The van der Waals surface area contributed by atoms with E-state index in [0.717, 1.165) is 12.8 Å². The molecule has 2 aromatic rings. The first kappa shape index (κ1) is 20.1. The number of rotatable bonds is 4. The Balaban J connectivity index is 0.00000144. The molecule has 10 heteroatoms. The molecule has 1 atom stereocenters. The highest BCUT2D eigenvalue weighted by atomic mass is 35.5. The summed E-state index contributed by atoms with van der Waals surface area (Å²) in [5.74, 6) is 0.0504. The van der Waals surface area contributed by atoms with Crippen molar-refractivity contribution >= 4 is 41.8 Å². The van der Waals surface area contributed by atoms with Gasteiger partial charge in [0.2, 0.25) is 0 Å². The molecule has 132 valence electrons. The Morgan fingerprint density at radius 2 is 2.04 bits per heavy atom. The maximum atomic E-state index is 12.4. The van der Waals surface area contributed by atoms with E-state index in [9.17, 15) is 14.4 Å². The molecule has 5 N–H and O–H groups in total. The van der Waals surface area contributed by atoms with Crippen LogP contribution in [0.25, 0.3) is 11.0 Å². The van der Waals surface area contributed by atoms with Gasteiger partial charge in [0.1, 0.15) is 5.65 Å². The molecule has 0 bridgehead atoms. The number of aromatic amines is 2. The zero-order chi connectivity index (χ0) is 15.9. The van der Waals surface area contributed by atoms with Crippen LogP contribution in [0.3, 0.4) is 0 Å². The van der Waals surface area contributed by atoms with Crippen LogP contribution in [-0.4, -0.2) is 32.9 Å². The predicted octanol–water partition coefficient (Wildman–Crippen LogP) is 0.312. The summed E-state index contributed by atoms with van der Waals surface area (Å²) in [7, 11) is 0. The molecule has 0 saturated heterocycles. The van der Waals surface area contributed by atoms with Crippen molar-refractivity contribution in [2.24, 2.45) is 11.7 Å². The summed E-state index contributed by atoms with van der Waals surface area (Å²) in [6.45, 7) is 2.26. The highest BCUT2D eigenvalue weighted by molar-refractivity contribution is 5.97. The van der Waals surface area contributed by atoms with E-state index in [-0.39, 0.29) is 47.3 Å². The van der Waals surface area contributed by atoms with Gasteiger partial charge in [0, 0.05) is 12.7 Å². The lowest BCUT2D eigenvalue weighted by atomic mass is 9.95. The minimum Gasteiger partial charge on any atom is -0.345 e. The maximum Gasteiger partial charge on any atom is 0.327 e. The van der Waals surface area contributed by atoms with E-state index in [1.807, 2.05) is 6.92 Å². The van der Waals surface area contributed by atoms with E-state index in [2.05, 4.69) is 20.3 Å². The van der Waals surface area contributed by atoms with Gasteiger partial charge in [-0.3, -0.25) is 19.6 Å². The van der Waals surface area contributed by atoms with Gasteiger partial charge in [0.05, 0.1) is 16.5 Å². The first-order valence-corrected chi connectivity index (χ1v) is 7.08. The van der Waals surface area contributed by atoms with E-state index in [1.165, 1.54) is 12.3 Å². The normalized spacial score (nSPS) is 15.8. The number of nitrogens with one attached hydrogen (secondary N) is 3. The lowest BCUT2D eigenvalue weighted by molar-refractivity contribution is 0.0897. The summed E-state index contributed by atoms with van der Waals surface area (Å²) >= 11 is 0. The van der Waals surface area contributed by atoms with Crippen LogP contribution in [0.5, 0.6) is 0 Å². The van der Waals surface area contributed by atoms with E-state index in [4.69, 9.17) is 5.73 Å². The third kappa shape index (κ3) is 3.77. The molecule has 1 aliphatic rings. The number of H-pyrrole nitrogens is 2. The zero-order valence-corrected chi connectivity index (χ0v) is 14.6. The lowest BCUT2D eigenvalue weighted by Crippen LogP contribution is -2.53. The average molecular weight is 376 g/mol. The van der Waals surface area contributed by atoms with Crippen molar-refractivity contribution in [3.05, 3.63) is 38.7 Å². The fourth-order valence-electron chi connectivity index (χ4n) is 2.54. The summed E-state index contributed by atoms with van der Waals surface area (Å²) in [6, 6.07) is 1.41. The van der Waals surface area contributed by atoms with E-state index in [0.29, 0.717) is 12.5 Å². The van der Waals surface area contributed by atoms with Crippen molar-refractivity contribution in [1.82, 2.24) is 20.3 Å². The van der Waals surface area contributed by atoms with Gasteiger partial charge in [0.25, 0.3) is 11.5 Å². The van der Waals surface area contributed by atoms with Crippen molar-refractivity contribution in [2.75, 3.05) is 6.54 Å². The maximum absolute atomic E-state index is 12.4. The van der Waals surface area contributed by atoms with Gasteiger partial charge in [-0.05, 0) is 31.7 Å². The first-order valence-electron chi connectivity index (χ1n) is 7.08. The van der Waals surface area contributed by atoms with E-state index < -0.39 is 16.8 Å². The van der Waals surface area contributed by atoms with E-state index >= 15 is 0 Å². The largest absolute Gasteiger partial charge is 0.345 e. The predicted molar refractivity (Wildman–Crippen MR) is 95.1 cm³/mol. The smallest absolute Gasteiger partial charge is 0.327 e. The Morgan fingerprint density at radius 1 is 1.38 bits per heavy atom. The molecule has 1 amide bonds. The van der Waals surface area contributed by atoms with Gasteiger partial charge >= 0.3 is 5.69 Å². The molecule has 0 radical (unpaired) electrons. The number of carbonyl (C=O) groups is 1. The number of hydrogen-bond donors (Lipinski definition) is 4. The fraction of sp³-hybridized carbons (Fsp3) is 0.429. The molecule has 2 heterocycles. The number of aromatic nitrogens is 3. The highest BCUT2D eigenvalue weighted by Gasteiger charge is 2.41. The Morgan fingerprint density at radius 3 is 2.62 bits per heavy atom. The van der Waals surface area contributed by atoms with Crippen LogP contribution in [0.2, 0.25) is 0 Å². The Hall–Kier alpha value is -1.90. The van der Waals surface area contributed by atoms with Gasteiger partial charge in [0.15, 0.2) is 0 Å². The third-order valence-electron chi connectivity index (χ3n) is 4.16. The van der Waals surface area contributed by atoms with E-state index in [1.54, 1.807) is 0 Å². The summed E-state index contributed by atoms with van der Waals surface area (Å²) in [6.07, 6.45) is 3.42. The molecule has 0 aromatic carbocycles. The summed E-state index contributed by atoms with van der Waals surface area (Å²) in [5.41, 5.74) is 4.52. The molecule has 3 rings (SSSR count). The molecule has 0 aliphatic heterocycles. The minimum absolute atomic E-state index is 0. The van der Waals surface area contributed by atoms with Crippen LogP contribution in [0.4, 0.5) is 0 Å². The monoisotopic (exact) mass is 375 g/mol. The lowest BCUT2D eigenvalue weighted by Gasteiger charge is -2.29. The summed E-state index contributed by atoms with van der Waals surface area (Å²) in [5, 5.41) is 3.09. The Kier molecular flexibility index (Phi) is 6.15. The summed E-state index contributed by atoms with van der Waals surface area (Å²) < 4.78 is 0. The van der Waals surface area contributed by atoms with Gasteiger partial charge in [-0.1, -0.05) is 0 Å². The van der Waals surface area contributed by atoms with Gasteiger partial charge in [-0.2, -0.15) is 0 Å². The molecule has 2 aromatic heterocycles. The van der Waals surface area contributed by atoms with Gasteiger partial charge < -0.3 is 11.1 Å². The Labute approximate surface area is 149 Å². The number of hydrogen-bond acceptors (Lipinski definition) is 5. The van der Waals surface area contributed by atoms with Crippen molar-refractivity contribution in [1.29, 1.82) is 0 Å². The molecule has 1 aliphatic carbocycles. The molecular weight excluding hydrogens is 357 g/mol. The number of nitrogens with zero attached hydrogens (tertiary/aromatic N) is 1. The van der Waals surface area contributed by atoms with Crippen molar-refractivity contribution < 1.29 is 4.79 Å². The second kappa shape index (κ2) is 7.33. The van der Waals surface area contributed by atoms with Crippen molar-refractivity contribution in [3.8, 4) is 0 Å². The topological polar surface area (TPSA) is 134 Å². The van der Waals surface area contributed by atoms with Crippen LogP contribution in [0.15, 0.2) is 21.9 Å². The van der Waals surface area contributed by atoms with Gasteiger partial charge in [-0.15, -0.1) is 24.8 Å². The summed E-state index contributed by atoms with van der Waals surface area (Å²) in [4.78, 5) is 43.8. The zero-order valence-electron chi connectivity index (χ0n) is 12.9. The molecular formula is C14H19Cl2N5O3. The van der Waals surface area contributed by atoms with Crippen molar-refractivity contribution in [3.63, 3.8) is 0 Å². The van der Waals surface area contributed by atoms with Crippen LogP contribution in [0, 0.1) is 5.92 Å². The second-order valence-corrected chi connectivity index (χ2v) is 5.88. The third-order valence-corrected chi connectivity index (χ3v) is 4.16. The number of fused-ring (bicyclic) bond motifs is 1. The molecule has 0 spiro atoms. The standard InChI is InChI=1S/C14H17N5O3.2ClH/c1-14(6-15,8-2-3-8)19-11(20)7-4-9-10(16-5-7)17-13(22)18-12(9)21;;/h4-5,8H,2-3,6,15H2,1H3,(H,19,20)(H2,16,17,18,21,22);2*1H. The van der Waals surface area contributed by atoms with Crippen LogP contribution >= 0.6 is 24.8 Å². The molecule has 8 nitrogen and oxygen atoms in total. The molecule has 1 unspecified atom stereocenters. The van der Waals surface area contributed by atoms with Gasteiger partial charge in [-0.25, -0.2) is 9.78 Å². The number of nitrogens with two attached hydrogens (primary N) is 1. The highest BCUT2D eigenvalue weighted by Crippen LogP contribution is 2.39. The first-order chi connectivity index (χ1) is 10.4. The van der Waals surface area contributed by atoms with Crippen LogP contribution in [-0.2, 0) is 0 Å². The quantitative estimate of drug-likeness (QED) is 0.610. The number of halogens is 2. The fourth-order valence-corrected chi connectivity index (χ4v) is 2.54. The molecule has 1 saturated carbocycles. The number of amides is 1. The molecule has 24 heavy (non-hydrogen) atoms. The number of pyridine rings is 1. The van der Waals surface area contributed by atoms with Crippen LogP contribution in [0.1, 0.15) is 30.1 Å². The molecule has 1 fully saturated rings.